The molecular weight excluding hydrogens is 264 g/mol. The Morgan fingerprint density at radius 1 is 1.33 bits per heavy atom. The highest BCUT2D eigenvalue weighted by Gasteiger charge is 2.49. The Kier molecular flexibility index (Phi) is 5.11. The molecule has 0 spiro atoms. The van der Waals surface area contributed by atoms with Crippen molar-refractivity contribution < 1.29 is 14.7 Å². The summed E-state index contributed by atoms with van der Waals surface area (Å²) >= 11 is 0. The van der Waals surface area contributed by atoms with Crippen LogP contribution in [0.1, 0.15) is 48.0 Å². The smallest absolute Gasteiger partial charge is 0.159 e. The number of rotatable bonds is 4. The van der Waals surface area contributed by atoms with E-state index in [1.54, 1.807) is 19.1 Å². The molecule has 0 fully saturated rings. The SMILES string of the molecule is CC(C=CC1(O)C(C)=C(C(C)C)C(=O)CC1(C)C)=CC=O. The van der Waals surface area contributed by atoms with Crippen LogP contribution in [0.25, 0.3) is 0 Å². The fraction of sp³-hybridized carbons (Fsp3) is 0.556. The van der Waals surface area contributed by atoms with Crippen molar-refractivity contribution in [1.29, 1.82) is 0 Å². The summed E-state index contributed by atoms with van der Waals surface area (Å²) in [6.45, 7) is 11.4. The van der Waals surface area contributed by atoms with E-state index in [1.807, 2.05) is 34.6 Å². The Hall–Kier alpha value is -1.48. The van der Waals surface area contributed by atoms with Crippen molar-refractivity contribution in [3.8, 4) is 0 Å². The second kappa shape index (κ2) is 6.10. The van der Waals surface area contributed by atoms with Crippen LogP contribution in [0.3, 0.4) is 0 Å². The molecule has 1 N–H and O–H groups in total. The predicted molar refractivity (Wildman–Crippen MR) is 84.9 cm³/mol. The van der Waals surface area contributed by atoms with Crippen molar-refractivity contribution in [2.24, 2.45) is 11.3 Å². The highest BCUT2D eigenvalue weighted by Crippen LogP contribution is 2.47. The largest absolute Gasteiger partial charge is 0.381 e. The van der Waals surface area contributed by atoms with Crippen molar-refractivity contribution >= 4 is 12.1 Å². The fourth-order valence-electron chi connectivity index (χ4n) is 3.07. The average molecular weight is 290 g/mol. The monoisotopic (exact) mass is 290 g/mol. The maximum absolute atomic E-state index is 12.3. The molecule has 0 radical (unpaired) electrons. The van der Waals surface area contributed by atoms with Gasteiger partial charge in [0.05, 0.1) is 0 Å². The quantitative estimate of drug-likeness (QED) is 0.490. The van der Waals surface area contributed by atoms with E-state index in [0.29, 0.717) is 12.0 Å². The normalized spacial score (nSPS) is 26.9. The molecule has 0 aromatic rings. The molecule has 3 nitrogen and oxygen atoms in total. The number of Topliss-reactive ketones (excluding diaryl/α,β-unsaturated/α-hetero) is 1. The number of aldehydes is 1. The van der Waals surface area contributed by atoms with E-state index in [9.17, 15) is 14.7 Å². The first kappa shape index (κ1) is 17.6. The van der Waals surface area contributed by atoms with Gasteiger partial charge in [-0.1, -0.05) is 33.8 Å². The first-order valence-electron chi connectivity index (χ1n) is 7.35. The molecule has 0 bridgehead atoms. The molecular formula is C18H26O3. The zero-order chi connectivity index (χ0) is 16.4. The van der Waals surface area contributed by atoms with Crippen molar-refractivity contribution in [1.82, 2.24) is 0 Å². The maximum atomic E-state index is 12.3. The lowest BCUT2D eigenvalue weighted by atomic mass is 9.61. The summed E-state index contributed by atoms with van der Waals surface area (Å²) in [6, 6.07) is 0. The van der Waals surface area contributed by atoms with Crippen LogP contribution < -0.4 is 0 Å². The summed E-state index contributed by atoms with van der Waals surface area (Å²) < 4.78 is 0. The van der Waals surface area contributed by atoms with Gasteiger partial charge in [0.1, 0.15) is 11.9 Å². The summed E-state index contributed by atoms with van der Waals surface area (Å²) in [4.78, 5) is 22.8. The molecule has 0 aliphatic heterocycles. The van der Waals surface area contributed by atoms with Gasteiger partial charge >= 0.3 is 0 Å². The van der Waals surface area contributed by atoms with Gasteiger partial charge in [-0.15, -0.1) is 0 Å². The molecule has 1 rings (SSSR count). The molecule has 0 saturated heterocycles. The van der Waals surface area contributed by atoms with E-state index in [1.165, 1.54) is 6.08 Å². The van der Waals surface area contributed by atoms with Crippen LogP contribution in [0.15, 0.2) is 34.9 Å². The number of hydrogen-bond acceptors (Lipinski definition) is 3. The van der Waals surface area contributed by atoms with Gasteiger partial charge in [0.15, 0.2) is 5.78 Å². The van der Waals surface area contributed by atoms with E-state index < -0.39 is 11.0 Å². The van der Waals surface area contributed by atoms with Crippen LogP contribution >= 0.6 is 0 Å². The van der Waals surface area contributed by atoms with Crippen LogP contribution in [0.4, 0.5) is 0 Å². The van der Waals surface area contributed by atoms with Crippen LogP contribution in [0.5, 0.6) is 0 Å². The van der Waals surface area contributed by atoms with Gasteiger partial charge in [-0.25, -0.2) is 0 Å². The second-order valence-corrected chi connectivity index (χ2v) is 6.82. The van der Waals surface area contributed by atoms with E-state index in [2.05, 4.69) is 0 Å². The van der Waals surface area contributed by atoms with Gasteiger partial charge < -0.3 is 5.11 Å². The third kappa shape index (κ3) is 3.24. The van der Waals surface area contributed by atoms with Gasteiger partial charge in [0.25, 0.3) is 0 Å². The van der Waals surface area contributed by atoms with Crippen LogP contribution in [0, 0.1) is 11.3 Å². The number of carbonyl (C=O) groups is 2. The molecule has 0 heterocycles. The average Bonchev–Trinajstić information content (AvgIpc) is 2.33. The summed E-state index contributed by atoms with van der Waals surface area (Å²) in [5.74, 6) is 0.200. The lowest BCUT2D eigenvalue weighted by molar-refractivity contribution is -0.123. The van der Waals surface area contributed by atoms with Gasteiger partial charge in [-0.05, 0) is 48.6 Å². The highest BCUT2D eigenvalue weighted by molar-refractivity contribution is 5.98. The molecule has 1 unspecified atom stereocenters. The number of allylic oxidation sites excluding steroid dienone is 4. The number of carbonyl (C=O) groups excluding carboxylic acids is 2. The van der Waals surface area contributed by atoms with Crippen molar-refractivity contribution in [2.75, 3.05) is 0 Å². The summed E-state index contributed by atoms with van der Waals surface area (Å²) in [5.41, 5.74) is 0.445. The Morgan fingerprint density at radius 2 is 1.90 bits per heavy atom. The molecule has 0 saturated carbocycles. The minimum Gasteiger partial charge on any atom is -0.381 e. The molecule has 0 amide bonds. The lowest BCUT2D eigenvalue weighted by Gasteiger charge is -2.46. The second-order valence-electron chi connectivity index (χ2n) is 6.82. The van der Waals surface area contributed by atoms with E-state index in [0.717, 1.165) is 17.4 Å². The van der Waals surface area contributed by atoms with Gasteiger partial charge in [-0.3, -0.25) is 9.59 Å². The van der Waals surface area contributed by atoms with E-state index in [-0.39, 0.29) is 11.7 Å². The summed E-state index contributed by atoms with van der Waals surface area (Å²) in [5, 5.41) is 11.2. The maximum Gasteiger partial charge on any atom is 0.159 e. The van der Waals surface area contributed by atoms with E-state index >= 15 is 0 Å². The number of hydrogen-bond donors (Lipinski definition) is 1. The third-order valence-corrected chi connectivity index (χ3v) is 4.41. The third-order valence-electron chi connectivity index (χ3n) is 4.41. The Labute approximate surface area is 127 Å². The Balaban J connectivity index is 3.43. The van der Waals surface area contributed by atoms with Gasteiger partial charge in [-0.2, -0.15) is 0 Å². The zero-order valence-electron chi connectivity index (χ0n) is 13.9. The first-order chi connectivity index (χ1) is 9.56. The standard InChI is InChI=1S/C18H26O3/c1-12(2)16-14(4)18(21,9-7-13(3)8-10-19)17(5,6)11-15(16)20/h7-10,12,21H,11H2,1-6H3. The summed E-state index contributed by atoms with van der Waals surface area (Å²) in [7, 11) is 0. The molecule has 21 heavy (non-hydrogen) atoms. The lowest BCUT2D eigenvalue weighted by Crippen LogP contribution is -2.50. The zero-order valence-corrected chi connectivity index (χ0v) is 13.9. The van der Waals surface area contributed by atoms with Gasteiger partial charge in [0.2, 0.25) is 0 Å². The Bertz CT molecular complexity index is 533. The van der Waals surface area contributed by atoms with Crippen LogP contribution in [0.2, 0.25) is 0 Å². The first-order valence-corrected chi connectivity index (χ1v) is 7.35. The molecule has 0 aromatic carbocycles. The van der Waals surface area contributed by atoms with Crippen molar-refractivity contribution in [2.45, 2.75) is 53.6 Å². The van der Waals surface area contributed by atoms with E-state index in [4.69, 9.17) is 0 Å². The van der Waals surface area contributed by atoms with Gasteiger partial charge in [0, 0.05) is 11.8 Å². The van der Waals surface area contributed by atoms with Crippen LogP contribution in [-0.4, -0.2) is 22.8 Å². The number of aliphatic hydroxyl groups is 1. The summed E-state index contributed by atoms with van der Waals surface area (Å²) in [6.07, 6.45) is 5.94. The molecule has 1 atom stereocenters. The number of ketones is 1. The molecule has 0 aromatic heterocycles. The predicted octanol–water partition coefficient (Wildman–Crippen LogP) is 3.39. The van der Waals surface area contributed by atoms with Crippen molar-refractivity contribution in [3.63, 3.8) is 0 Å². The highest BCUT2D eigenvalue weighted by atomic mass is 16.3. The van der Waals surface area contributed by atoms with Crippen molar-refractivity contribution in [3.05, 3.63) is 34.9 Å². The molecule has 1 aliphatic rings. The minimum absolute atomic E-state index is 0.0835. The molecule has 3 heteroatoms. The molecule has 116 valence electrons. The Morgan fingerprint density at radius 3 is 2.38 bits per heavy atom. The van der Waals surface area contributed by atoms with Crippen LogP contribution in [-0.2, 0) is 9.59 Å². The fourth-order valence-corrected chi connectivity index (χ4v) is 3.07. The minimum atomic E-state index is -1.18. The molecule has 1 aliphatic carbocycles. The topological polar surface area (TPSA) is 54.4 Å².